The topological polar surface area (TPSA) is 43.3 Å². The van der Waals surface area contributed by atoms with E-state index in [0.717, 1.165) is 15.9 Å². The second kappa shape index (κ2) is 3.53. The van der Waals surface area contributed by atoms with Crippen molar-refractivity contribution in [1.82, 2.24) is 9.38 Å². The van der Waals surface area contributed by atoms with Crippen LogP contribution in [0.1, 0.15) is 18.8 Å². The van der Waals surface area contributed by atoms with Crippen molar-refractivity contribution in [2.24, 2.45) is 5.73 Å². The Hall–Kier alpha value is -0.580. The molecule has 1 unspecified atom stereocenters. The van der Waals surface area contributed by atoms with E-state index in [9.17, 15) is 0 Å². The quantitative estimate of drug-likeness (QED) is 0.869. The van der Waals surface area contributed by atoms with Gasteiger partial charge in [0, 0.05) is 11.2 Å². The van der Waals surface area contributed by atoms with Gasteiger partial charge in [0.05, 0.1) is 11.6 Å². The molecule has 2 rings (SSSR count). The molecule has 1 atom stereocenters. The Kier molecular flexibility index (Phi) is 2.51. The molecule has 2 N–H and O–H groups in total. The lowest BCUT2D eigenvalue weighted by molar-refractivity contribution is 0.735. The van der Waals surface area contributed by atoms with Crippen LogP contribution in [0.3, 0.4) is 0 Å². The standard InChI is InChI=1S/C9H9BrClN3/c1-5(12)9-13-8(10)7-4-6(11)2-3-14(7)9/h2-5H,12H2,1H3. The number of pyridine rings is 1. The molecule has 0 fully saturated rings. The predicted molar refractivity (Wildman–Crippen MR) is 60.5 cm³/mol. The largest absolute Gasteiger partial charge is 0.322 e. The van der Waals surface area contributed by atoms with Gasteiger partial charge in [0.2, 0.25) is 0 Å². The van der Waals surface area contributed by atoms with Crippen LogP contribution in [0, 0.1) is 0 Å². The molecule has 0 aliphatic rings. The molecule has 14 heavy (non-hydrogen) atoms. The maximum Gasteiger partial charge on any atom is 0.132 e. The number of fused-ring (bicyclic) bond motifs is 1. The first kappa shape index (κ1) is 9.96. The lowest BCUT2D eigenvalue weighted by Crippen LogP contribution is -2.09. The van der Waals surface area contributed by atoms with Gasteiger partial charge >= 0.3 is 0 Å². The highest BCUT2D eigenvalue weighted by Gasteiger charge is 2.11. The van der Waals surface area contributed by atoms with Crippen molar-refractivity contribution in [3.05, 3.63) is 33.8 Å². The summed E-state index contributed by atoms with van der Waals surface area (Å²) in [6, 6.07) is 3.56. The van der Waals surface area contributed by atoms with Crippen molar-refractivity contribution < 1.29 is 0 Å². The summed E-state index contributed by atoms with van der Waals surface area (Å²) < 4.78 is 2.70. The lowest BCUT2D eigenvalue weighted by atomic mass is 10.3. The molecule has 2 aromatic heterocycles. The van der Waals surface area contributed by atoms with Crippen LogP contribution in [0.4, 0.5) is 0 Å². The second-order valence-corrected chi connectivity index (χ2v) is 4.34. The Morgan fingerprint density at radius 1 is 1.64 bits per heavy atom. The van der Waals surface area contributed by atoms with Crippen molar-refractivity contribution in [1.29, 1.82) is 0 Å². The molecule has 0 aromatic carbocycles. The zero-order valence-corrected chi connectivity index (χ0v) is 9.88. The molecular formula is C9H9BrClN3. The molecule has 2 aromatic rings. The normalized spacial score (nSPS) is 13.4. The van der Waals surface area contributed by atoms with Crippen LogP contribution < -0.4 is 5.73 Å². The maximum absolute atomic E-state index is 5.89. The summed E-state index contributed by atoms with van der Waals surface area (Å²) in [7, 11) is 0. The Balaban J connectivity index is 2.77. The molecule has 74 valence electrons. The average Bonchev–Trinajstić information content (AvgIpc) is 2.44. The van der Waals surface area contributed by atoms with E-state index < -0.39 is 0 Å². The fraction of sp³-hybridized carbons (Fsp3) is 0.222. The van der Waals surface area contributed by atoms with Crippen molar-refractivity contribution >= 4 is 33.0 Å². The van der Waals surface area contributed by atoms with Crippen LogP contribution in [-0.2, 0) is 0 Å². The number of hydrogen-bond donors (Lipinski definition) is 1. The molecule has 0 spiro atoms. The molecule has 2 heterocycles. The van der Waals surface area contributed by atoms with Crippen LogP contribution in [0.15, 0.2) is 22.9 Å². The SMILES string of the molecule is CC(N)c1nc(Br)c2cc(Cl)ccn12. The van der Waals surface area contributed by atoms with Gasteiger partial charge in [-0.05, 0) is 35.0 Å². The lowest BCUT2D eigenvalue weighted by Gasteiger charge is -2.03. The average molecular weight is 275 g/mol. The first-order valence-corrected chi connectivity index (χ1v) is 5.35. The number of nitrogens with zero attached hydrogens (tertiary/aromatic N) is 2. The summed E-state index contributed by atoms with van der Waals surface area (Å²) in [5.74, 6) is 0.823. The number of imidazole rings is 1. The van der Waals surface area contributed by atoms with E-state index in [1.54, 1.807) is 0 Å². The van der Waals surface area contributed by atoms with Gasteiger partial charge in [-0.2, -0.15) is 0 Å². The van der Waals surface area contributed by atoms with Crippen LogP contribution in [0.25, 0.3) is 5.52 Å². The van der Waals surface area contributed by atoms with E-state index in [-0.39, 0.29) is 6.04 Å². The minimum Gasteiger partial charge on any atom is -0.322 e. The van der Waals surface area contributed by atoms with Gasteiger partial charge in [0.1, 0.15) is 10.4 Å². The van der Waals surface area contributed by atoms with Crippen molar-refractivity contribution in [2.75, 3.05) is 0 Å². The number of hydrogen-bond acceptors (Lipinski definition) is 2. The highest BCUT2D eigenvalue weighted by molar-refractivity contribution is 9.10. The molecule has 5 heteroatoms. The highest BCUT2D eigenvalue weighted by Crippen LogP contribution is 2.24. The predicted octanol–water partition coefficient (Wildman–Crippen LogP) is 2.77. The molecule has 0 radical (unpaired) electrons. The Morgan fingerprint density at radius 3 is 3.00 bits per heavy atom. The third-order valence-corrected chi connectivity index (χ3v) is 2.81. The van der Waals surface area contributed by atoms with Gasteiger partial charge in [-0.1, -0.05) is 11.6 Å². The zero-order valence-electron chi connectivity index (χ0n) is 7.54. The Bertz CT molecular complexity index is 478. The molecule has 0 saturated carbocycles. The van der Waals surface area contributed by atoms with Crippen molar-refractivity contribution in [3.8, 4) is 0 Å². The monoisotopic (exact) mass is 273 g/mol. The van der Waals surface area contributed by atoms with Crippen LogP contribution in [0.2, 0.25) is 5.02 Å². The van der Waals surface area contributed by atoms with E-state index in [0.29, 0.717) is 5.02 Å². The zero-order chi connectivity index (χ0) is 10.3. The number of aromatic nitrogens is 2. The van der Waals surface area contributed by atoms with E-state index in [1.165, 1.54) is 0 Å². The fourth-order valence-electron chi connectivity index (χ4n) is 1.37. The summed E-state index contributed by atoms with van der Waals surface area (Å²) in [6.45, 7) is 1.90. The Morgan fingerprint density at radius 2 is 2.36 bits per heavy atom. The molecule has 0 amide bonds. The van der Waals surface area contributed by atoms with Crippen molar-refractivity contribution in [3.63, 3.8) is 0 Å². The van der Waals surface area contributed by atoms with Gasteiger partial charge in [-0.25, -0.2) is 4.98 Å². The van der Waals surface area contributed by atoms with Gasteiger partial charge < -0.3 is 10.1 Å². The van der Waals surface area contributed by atoms with Gasteiger partial charge in [-0.3, -0.25) is 0 Å². The minimum absolute atomic E-state index is 0.102. The molecule has 0 bridgehead atoms. The fourth-order valence-corrected chi connectivity index (χ4v) is 2.01. The van der Waals surface area contributed by atoms with Crippen LogP contribution in [0.5, 0.6) is 0 Å². The summed E-state index contributed by atoms with van der Waals surface area (Å²) in [6.07, 6.45) is 1.87. The summed E-state index contributed by atoms with van der Waals surface area (Å²) in [5.41, 5.74) is 6.73. The highest BCUT2D eigenvalue weighted by atomic mass is 79.9. The van der Waals surface area contributed by atoms with E-state index in [4.69, 9.17) is 17.3 Å². The third kappa shape index (κ3) is 1.54. The Labute approximate surface area is 95.0 Å². The van der Waals surface area contributed by atoms with E-state index in [2.05, 4.69) is 20.9 Å². The number of rotatable bonds is 1. The van der Waals surface area contributed by atoms with Gasteiger partial charge in [0.15, 0.2) is 0 Å². The summed E-state index contributed by atoms with van der Waals surface area (Å²) in [5, 5.41) is 0.689. The first-order valence-electron chi connectivity index (χ1n) is 4.18. The number of nitrogens with two attached hydrogens (primary N) is 1. The number of halogens is 2. The molecule has 0 aliphatic carbocycles. The second-order valence-electron chi connectivity index (χ2n) is 3.15. The van der Waals surface area contributed by atoms with E-state index in [1.807, 2.05) is 29.7 Å². The minimum atomic E-state index is -0.102. The van der Waals surface area contributed by atoms with Crippen LogP contribution in [-0.4, -0.2) is 9.38 Å². The third-order valence-electron chi connectivity index (χ3n) is 2.00. The smallest absolute Gasteiger partial charge is 0.132 e. The molecule has 3 nitrogen and oxygen atoms in total. The van der Waals surface area contributed by atoms with Gasteiger partial charge in [0.25, 0.3) is 0 Å². The van der Waals surface area contributed by atoms with Gasteiger partial charge in [-0.15, -0.1) is 0 Å². The van der Waals surface area contributed by atoms with E-state index >= 15 is 0 Å². The van der Waals surface area contributed by atoms with Crippen LogP contribution >= 0.6 is 27.5 Å². The van der Waals surface area contributed by atoms with Crippen molar-refractivity contribution in [2.45, 2.75) is 13.0 Å². The summed E-state index contributed by atoms with van der Waals surface area (Å²) in [4.78, 5) is 4.33. The molecule has 0 saturated heterocycles. The molecule has 0 aliphatic heterocycles. The molecular weight excluding hydrogens is 265 g/mol. The maximum atomic E-state index is 5.89. The first-order chi connectivity index (χ1) is 6.59. The summed E-state index contributed by atoms with van der Waals surface area (Å²) >= 11 is 9.26.